The van der Waals surface area contributed by atoms with E-state index in [0.717, 1.165) is 15.6 Å². The van der Waals surface area contributed by atoms with Crippen molar-refractivity contribution in [2.75, 3.05) is 13.1 Å². The largest absolute Gasteiger partial charge is 0.369 e. The molecule has 1 saturated heterocycles. The molecule has 0 bridgehead atoms. The number of halogens is 1. The second-order valence-corrected chi connectivity index (χ2v) is 9.14. The molecule has 1 aliphatic heterocycles. The molecule has 0 radical (unpaired) electrons. The summed E-state index contributed by atoms with van der Waals surface area (Å²) in [7, 11) is -3.57. The van der Waals surface area contributed by atoms with Crippen molar-refractivity contribution in [2.45, 2.75) is 44.4 Å². The number of hydrogen-bond acceptors (Lipinski definition) is 3. The molecular formula is C16H23BrN2O3S. The minimum atomic E-state index is -3.57. The lowest BCUT2D eigenvalue weighted by Gasteiger charge is -2.30. The normalized spacial score (nSPS) is 17.6. The minimum absolute atomic E-state index is 0.0971. The number of carbonyl (C=O) groups excluding carboxylic acids is 1. The maximum Gasteiger partial charge on any atom is 0.243 e. The predicted octanol–water partition coefficient (Wildman–Crippen LogP) is 2.77. The standard InChI is InChI=1S/C16H23BrN2O3S/c1-10(2)13-9-14(17)11(3)8-15(13)23(21,22)19-6-4-12(5-7-19)16(18)20/h8-10,12H,4-7H2,1-3H3,(H2,18,20). The summed E-state index contributed by atoms with van der Waals surface area (Å²) in [6.07, 6.45) is 0.974. The summed E-state index contributed by atoms with van der Waals surface area (Å²) in [5.41, 5.74) is 7.02. The van der Waals surface area contributed by atoms with Gasteiger partial charge in [-0.3, -0.25) is 4.79 Å². The highest BCUT2D eigenvalue weighted by Gasteiger charge is 2.33. The summed E-state index contributed by atoms with van der Waals surface area (Å²) in [5, 5.41) is 0. The quantitative estimate of drug-likeness (QED) is 0.840. The minimum Gasteiger partial charge on any atom is -0.369 e. The van der Waals surface area contributed by atoms with Crippen molar-refractivity contribution in [3.8, 4) is 0 Å². The molecule has 2 N–H and O–H groups in total. The van der Waals surface area contributed by atoms with Crippen LogP contribution in [0.1, 0.15) is 43.7 Å². The molecule has 1 amide bonds. The fraction of sp³-hybridized carbons (Fsp3) is 0.562. The third-order valence-corrected chi connectivity index (χ3v) is 7.20. The van der Waals surface area contributed by atoms with Crippen molar-refractivity contribution in [2.24, 2.45) is 11.7 Å². The average molecular weight is 403 g/mol. The lowest BCUT2D eigenvalue weighted by Crippen LogP contribution is -2.42. The zero-order valence-corrected chi connectivity index (χ0v) is 16.1. The fourth-order valence-electron chi connectivity index (χ4n) is 2.86. The van der Waals surface area contributed by atoms with Gasteiger partial charge in [0.25, 0.3) is 0 Å². The van der Waals surface area contributed by atoms with Crippen molar-refractivity contribution in [1.82, 2.24) is 4.31 Å². The van der Waals surface area contributed by atoms with Crippen LogP contribution in [-0.2, 0) is 14.8 Å². The molecular weight excluding hydrogens is 380 g/mol. The number of aryl methyl sites for hydroxylation is 1. The Kier molecular flexibility index (Phi) is 5.53. The number of rotatable bonds is 4. The van der Waals surface area contributed by atoms with Crippen LogP contribution < -0.4 is 5.73 Å². The van der Waals surface area contributed by atoms with Gasteiger partial charge < -0.3 is 5.73 Å². The molecule has 7 heteroatoms. The second kappa shape index (κ2) is 6.91. The van der Waals surface area contributed by atoms with Gasteiger partial charge in [0.2, 0.25) is 15.9 Å². The van der Waals surface area contributed by atoms with Crippen molar-refractivity contribution in [3.05, 3.63) is 27.7 Å². The maximum atomic E-state index is 13.0. The van der Waals surface area contributed by atoms with Gasteiger partial charge in [0.1, 0.15) is 0 Å². The van der Waals surface area contributed by atoms with Gasteiger partial charge in [-0.05, 0) is 48.9 Å². The average Bonchev–Trinajstić information content (AvgIpc) is 2.49. The molecule has 23 heavy (non-hydrogen) atoms. The Morgan fingerprint density at radius 3 is 2.35 bits per heavy atom. The molecule has 1 aliphatic rings. The van der Waals surface area contributed by atoms with E-state index >= 15 is 0 Å². The highest BCUT2D eigenvalue weighted by molar-refractivity contribution is 9.10. The van der Waals surface area contributed by atoms with Crippen LogP contribution in [0.3, 0.4) is 0 Å². The monoisotopic (exact) mass is 402 g/mol. The van der Waals surface area contributed by atoms with Crippen molar-refractivity contribution >= 4 is 31.9 Å². The van der Waals surface area contributed by atoms with Crippen LogP contribution in [0.4, 0.5) is 0 Å². The molecule has 0 spiro atoms. The van der Waals surface area contributed by atoms with Crippen LogP contribution in [0, 0.1) is 12.8 Å². The predicted molar refractivity (Wildman–Crippen MR) is 93.6 cm³/mol. The van der Waals surface area contributed by atoms with Gasteiger partial charge in [-0.15, -0.1) is 0 Å². The Morgan fingerprint density at radius 2 is 1.87 bits per heavy atom. The van der Waals surface area contributed by atoms with Gasteiger partial charge in [0.15, 0.2) is 0 Å². The van der Waals surface area contributed by atoms with E-state index in [4.69, 9.17) is 5.73 Å². The highest BCUT2D eigenvalue weighted by atomic mass is 79.9. The van der Waals surface area contributed by atoms with E-state index in [1.54, 1.807) is 6.07 Å². The summed E-state index contributed by atoms with van der Waals surface area (Å²) in [5.74, 6) is -0.470. The van der Waals surface area contributed by atoms with E-state index in [1.807, 2.05) is 26.8 Å². The molecule has 0 aliphatic carbocycles. The lowest BCUT2D eigenvalue weighted by molar-refractivity contribution is -0.122. The molecule has 128 valence electrons. The van der Waals surface area contributed by atoms with E-state index < -0.39 is 10.0 Å². The van der Waals surface area contributed by atoms with Gasteiger partial charge in [-0.25, -0.2) is 8.42 Å². The molecule has 1 fully saturated rings. The summed E-state index contributed by atoms with van der Waals surface area (Å²) < 4.78 is 28.5. The van der Waals surface area contributed by atoms with Crippen LogP contribution in [-0.4, -0.2) is 31.7 Å². The van der Waals surface area contributed by atoms with Crippen molar-refractivity contribution in [1.29, 1.82) is 0 Å². The van der Waals surface area contributed by atoms with Crippen LogP contribution >= 0.6 is 15.9 Å². The Bertz CT molecular complexity index is 708. The number of benzene rings is 1. The summed E-state index contributed by atoms with van der Waals surface area (Å²) in [4.78, 5) is 11.6. The zero-order valence-electron chi connectivity index (χ0n) is 13.7. The maximum absolute atomic E-state index is 13.0. The topological polar surface area (TPSA) is 80.5 Å². The molecule has 1 heterocycles. The lowest BCUT2D eigenvalue weighted by atomic mass is 9.98. The molecule has 1 aromatic carbocycles. The molecule has 0 aromatic heterocycles. The van der Waals surface area contributed by atoms with Crippen molar-refractivity contribution in [3.63, 3.8) is 0 Å². The van der Waals surface area contributed by atoms with Crippen LogP contribution in [0.2, 0.25) is 0 Å². The molecule has 5 nitrogen and oxygen atoms in total. The Balaban J connectivity index is 2.37. The first-order valence-corrected chi connectivity index (χ1v) is 9.97. The van der Waals surface area contributed by atoms with E-state index in [-0.39, 0.29) is 17.7 Å². The zero-order chi connectivity index (χ0) is 17.4. The van der Waals surface area contributed by atoms with E-state index in [1.165, 1.54) is 4.31 Å². The summed E-state index contributed by atoms with van der Waals surface area (Å²) in [6.45, 7) is 6.52. The van der Waals surface area contributed by atoms with Crippen molar-refractivity contribution < 1.29 is 13.2 Å². The van der Waals surface area contributed by atoms with E-state index in [2.05, 4.69) is 15.9 Å². The summed E-state index contributed by atoms with van der Waals surface area (Å²) in [6, 6.07) is 3.62. The first kappa shape index (κ1) is 18.4. The number of nitrogens with zero attached hydrogens (tertiary/aromatic N) is 1. The first-order valence-electron chi connectivity index (χ1n) is 7.74. The Morgan fingerprint density at radius 1 is 1.30 bits per heavy atom. The Labute approximate surface area is 146 Å². The second-order valence-electron chi connectivity index (χ2n) is 6.37. The third-order valence-electron chi connectivity index (χ3n) is 4.39. The molecule has 1 aromatic rings. The van der Waals surface area contributed by atoms with Gasteiger partial charge in [0.05, 0.1) is 4.90 Å². The van der Waals surface area contributed by atoms with Crippen LogP contribution in [0.25, 0.3) is 0 Å². The summed E-state index contributed by atoms with van der Waals surface area (Å²) >= 11 is 3.48. The third kappa shape index (κ3) is 3.78. The Hall–Kier alpha value is -0.920. The number of hydrogen-bond donors (Lipinski definition) is 1. The molecule has 0 unspecified atom stereocenters. The SMILES string of the molecule is Cc1cc(S(=O)(=O)N2CCC(C(N)=O)CC2)c(C(C)C)cc1Br. The van der Waals surface area contributed by atoms with Crippen LogP contribution in [0.5, 0.6) is 0 Å². The molecule has 2 rings (SSSR count). The first-order chi connectivity index (χ1) is 10.6. The number of primary amides is 1. The van der Waals surface area contributed by atoms with Gasteiger partial charge in [-0.1, -0.05) is 29.8 Å². The van der Waals surface area contributed by atoms with E-state index in [0.29, 0.717) is 30.8 Å². The van der Waals surface area contributed by atoms with Crippen LogP contribution in [0.15, 0.2) is 21.5 Å². The number of piperidine rings is 1. The highest BCUT2D eigenvalue weighted by Crippen LogP contribution is 2.33. The number of amides is 1. The number of sulfonamides is 1. The van der Waals surface area contributed by atoms with Gasteiger partial charge in [0, 0.05) is 23.5 Å². The fourth-order valence-corrected chi connectivity index (χ4v) is 5.11. The smallest absolute Gasteiger partial charge is 0.243 e. The van der Waals surface area contributed by atoms with E-state index in [9.17, 15) is 13.2 Å². The number of nitrogens with two attached hydrogens (primary N) is 1. The molecule has 0 saturated carbocycles. The van der Waals surface area contributed by atoms with Gasteiger partial charge in [-0.2, -0.15) is 4.31 Å². The van der Waals surface area contributed by atoms with Gasteiger partial charge >= 0.3 is 0 Å². The number of carbonyl (C=O) groups is 1. The molecule has 0 atom stereocenters.